The van der Waals surface area contributed by atoms with Crippen LogP contribution in [0.1, 0.15) is 0 Å². The van der Waals surface area contributed by atoms with Crippen molar-refractivity contribution in [2.75, 3.05) is 19.0 Å². The van der Waals surface area contributed by atoms with Gasteiger partial charge < -0.3 is 15.2 Å². The lowest BCUT2D eigenvalue weighted by Gasteiger charge is -2.09. The zero-order valence-electron chi connectivity index (χ0n) is 8.79. The summed E-state index contributed by atoms with van der Waals surface area (Å²) in [7, 11) is 1.57. The normalized spacial score (nSPS) is 9.62. The number of halogens is 1. The quantitative estimate of drug-likeness (QED) is 0.817. The van der Waals surface area contributed by atoms with E-state index in [0.29, 0.717) is 5.75 Å². The van der Waals surface area contributed by atoms with Crippen LogP contribution in [-0.4, -0.2) is 24.7 Å². The zero-order chi connectivity index (χ0) is 12.1. The van der Waals surface area contributed by atoms with Crippen LogP contribution in [0.4, 0.5) is 5.69 Å². The molecule has 1 rings (SSSR count). The lowest BCUT2D eigenvalue weighted by Crippen LogP contribution is -2.11. The minimum atomic E-state index is -1.00. The Kier molecular flexibility index (Phi) is 4.37. The molecule has 0 heterocycles. The highest BCUT2D eigenvalue weighted by Crippen LogP contribution is 2.27. The zero-order valence-corrected chi connectivity index (χ0v) is 10.4. The molecule has 0 atom stereocenters. The molecule has 0 aromatic heterocycles. The number of rotatable bonds is 5. The lowest BCUT2D eigenvalue weighted by molar-refractivity contribution is -0.132. The monoisotopic (exact) mass is 285 g/mol. The van der Waals surface area contributed by atoms with Crippen LogP contribution >= 0.6 is 15.9 Å². The molecule has 0 amide bonds. The number of methoxy groups -OCH3 is 1. The summed E-state index contributed by atoms with van der Waals surface area (Å²) in [4.78, 5) is 10.5. The molecule has 1 aromatic rings. The number of hydrogen-bond acceptors (Lipinski definition) is 3. The maximum absolute atomic E-state index is 10.5. The first-order valence-corrected chi connectivity index (χ1v) is 5.32. The SMILES string of the molecule is C=C(CNc1ccc(Br)c(OC)c1)C(=O)O. The van der Waals surface area contributed by atoms with E-state index >= 15 is 0 Å². The highest BCUT2D eigenvalue weighted by atomic mass is 79.9. The van der Waals surface area contributed by atoms with Crippen molar-refractivity contribution in [3.05, 3.63) is 34.8 Å². The van der Waals surface area contributed by atoms with E-state index in [2.05, 4.69) is 27.8 Å². The first-order chi connectivity index (χ1) is 7.54. The maximum atomic E-state index is 10.5. The van der Waals surface area contributed by atoms with E-state index in [0.717, 1.165) is 10.2 Å². The molecular weight excluding hydrogens is 274 g/mol. The molecule has 0 radical (unpaired) electrons. The number of carboxylic acids is 1. The minimum absolute atomic E-state index is 0.113. The summed E-state index contributed by atoms with van der Waals surface area (Å²) in [5.41, 5.74) is 0.893. The molecule has 2 N–H and O–H groups in total. The largest absolute Gasteiger partial charge is 0.495 e. The molecule has 0 saturated heterocycles. The van der Waals surface area contributed by atoms with Gasteiger partial charge in [0.15, 0.2) is 0 Å². The molecule has 0 aliphatic rings. The third-order valence-electron chi connectivity index (χ3n) is 1.96. The van der Waals surface area contributed by atoms with Crippen molar-refractivity contribution < 1.29 is 14.6 Å². The van der Waals surface area contributed by atoms with Gasteiger partial charge in [0.1, 0.15) is 5.75 Å². The van der Waals surface area contributed by atoms with Crippen molar-refractivity contribution in [2.24, 2.45) is 0 Å². The Bertz CT molecular complexity index is 418. The Balaban J connectivity index is 2.68. The van der Waals surface area contributed by atoms with Crippen molar-refractivity contribution in [3.63, 3.8) is 0 Å². The van der Waals surface area contributed by atoms with Crippen LogP contribution in [0.15, 0.2) is 34.8 Å². The predicted octanol–water partition coefficient (Wildman–Crippen LogP) is 2.51. The van der Waals surface area contributed by atoms with E-state index in [4.69, 9.17) is 9.84 Å². The van der Waals surface area contributed by atoms with Gasteiger partial charge in [-0.15, -0.1) is 0 Å². The van der Waals surface area contributed by atoms with E-state index in [1.54, 1.807) is 13.2 Å². The summed E-state index contributed by atoms with van der Waals surface area (Å²) in [5, 5.41) is 11.6. The first-order valence-electron chi connectivity index (χ1n) is 4.53. The van der Waals surface area contributed by atoms with Gasteiger partial charge in [-0.25, -0.2) is 4.79 Å². The molecule has 4 nitrogen and oxygen atoms in total. The highest BCUT2D eigenvalue weighted by Gasteiger charge is 2.05. The van der Waals surface area contributed by atoms with E-state index in [9.17, 15) is 4.79 Å². The van der Waals surface area contributed by atoms with Crippen LogP contribution in [0, 0.1) is 0 Å². The Morgan fingerprint density at radius 3 is 2.88 bits per heavy atom. The molecule has 1 aromatic carbocycles. The highest BCUT2D eigenvalue weighted by molar-refractivity contribution is 9.10. The summed E-state index contributed by atoms with van der Waals surface area (Å²) in [5.74, 6) is -0.317. The third-order valence-corrected chi connectivity index (χ3v) is 2.61. The summed E-state index contributed by atoms with van der Waals surface area (Å²) in [6.07, 6.45) is 0. The molecule has 86 valence electrons. The second-order valence-electron chi connectivity index (χ2n) is 3.11. The molecule has 0 unspecified atom stereocenters. The number of ether oxygens (including phenoxy) is 1. The molecule has 0 spiro atoms. The van der Waals surface area contributed by atoms with Gasteiger partial charge in [0.2, 0.25) is 0 Å². The number of hydrogen-bond donors (Lipinski definition) is 2. The van der Waals surface area contributed by atoms with Crippen molar-refractivity contribution in [1.29, 1.82) is 0 Å². The van der Waals surface area contributed by atoms with E-state index in [1.165, 1.54) is 0 Å². The first kappa shape index (κ1) is 12.6. The van der Waals surface area contributed by atoms with Gasteiger partial charge in [-0.3, -0.25) is 0 Å². The number of anilines is 1. The van der Waals surface area contributed by atoms with Crippen molar-refractivity contribution >= 4 is 27.6 Å². The van der Waals surface area contributed by atoms with Crippen LogP contribution in [0.2, 0.25) is 0 Å². The molecule has 0 aliphatic heterocycles. The minimum Gasteiger partial charge on any atom is -0.495 e. The molecule has 0 aliphatic carbocycles. The van der Waals surface area contributed by atoms with Crippen molar-refractivity contribution in [2.45, 2.75) is 0 Å². The molecule has 0 fully saturated rings. The van der Waals surface area contributed by atoms with Gasteiger partial charge in [-0.05, 0) is 28.1 Å². The number of aliphatic carboxylic acids is 1. The van der Waals surface area contributed by atoms with Crippen molar-refractivity contribution in [1.82, 2.24) is 0 Å². The third kappa shape index (κ3) is 3.27. The van der Waals surface area contributed by atoms with Gasteiger partial charge >= 0.3 is 5.97 Å². The average Bonchev–Trinajstić information content (AvgIpc) is 2.27. The van der Waals surface area contributed by atoms with Crippen LogP contribution in [0.25, 0.3) is 0 Å². The van der Waals surface area contributed by atoms with Gasteiger partial charge in [0, 0.05) is 23.9 Å². The smallest absolute Gasteiger partial charge is 0.332 e. The second-order valence-corrected chi connectivity index (χ2v) is 3.97. The molecule has 16 heavy (non-hydrogen) atoms. The van der Waals surface area contributed by atoms with Crippen LogP contribution in [0.5, 0.6) is 5.75 Å². The van der Waals surface area contributed by atoms with Gasteiger partial charge in [0.25, 0.3) is 0 Å². The van der Waals surface area contributed by atoms with E-state index < -0.39 is 5.97 Å². The molecular formula is C11H12BrNO3. The Morgan fingerprint density at radius 2 is 2.31 bits per heavy atom. The lowest BCUT2D eigenvalue weighted by atomic mass is 10.2. The summed E-state index contributed by atoms with van der Waals surface area (Å²) >= 11 is 3.33. The van der Waals surface area contributed by atoms with Gasteiger partial charge in [0.05, 0.1) is 11.6 Å². The standard InChI is InChI=1S/C11H12BrNO3/c1-7(11(14)15)6-13-8-3-4-9(12)10(5-8)16-2/h3-5,13H,1,6H2,2H3,(H,14,15). The molecule has 0 bridgehead atoms. The molecule has 0 saturated carbocycles. The summed E-state index contributed by atoms with van der Waals surface area (Å²) in [6.45, 7) is 3.62. The summed E-state index contributed by atoms with van der Waals surface area (Å²) < 4.78 is 5.96. The van der Waals surface area contributed by atoms with Crippen LogP contribution < -0.4 is 10.1 Å². The van der Waals surface area contributed by atoms with E-state index in [1.807, 2.05) is 12.1 Å². The average molecular weight is 286 g/mol. The van der Waals surface area contributed by atoms with Crippen molar-refractivity contribution in [3.8, 4) is 5.75 Å². The predicted molar refractivity (Wildman–Crippen MR) is 66.0 cm³/mol. The fraction of sp³-hybridized carbons (Fsp3) is 0.182. The topological polar surface area (TPSA) is 58.6 Å². The van der Waals surface area contributed by atoms with Crippen LogP contribution in [-0.2, 0) is 4.79 Å². The molecule has 5 heteroatoms. The Labute approximate surface area is 102 Å². The van der Waals surface area contributed by atoms with Gasteiger partial charge in [-0.2, -0.15) is 0 Å². The Morgan fingerprint density at radius 1 is 1.62 bits per heavy atom. The fourth-order valence-corrected chi connectivity index (χ4v) is 1.46. The number of carbonyl (C=O) groups is 1. The number of nitrogens with one attached hydrogen (secondary N) is 1. The second kappa shape index (κ2) is 5.55. The Hall–Kier alpha value is -1.49. The fourth-order valence-electron chi connectivity index (χ4n) is 1.05. The van der Waals surface area contributed by atoms with Gasteiger partial charge in [-0.1, -0.05) is 6.58 Å². The number of benzene rings is 1. The van der Waals surface area contributed by atoms with Crippen LogP contribution in [0.3, 0.4) is 0 Å². The van der Waals surface area contributed by atoms with E-state index in [-0.39, 0.29) is 12.1 Å². The maximum Gasteiger partial charge on any atom is 0.332 e. The number of carboxylic acid groups (broad SMARTS) is 1. The summed E-state index contributed by atoms with van der Waals surface area (Å²) in [6, 6.07) is 5.42.